The first kappa shape index (κ1) is 30.4. The number of ketones is 1. The van der Waals surface area contributed by atoms with Crippen LogP contribution in [0.15, 0.2) is 23.8 Å². The number of fused-ring (bicyclic) bond motifs is 5. The van der Waals surface area contributed by atoms with Crippen LogP contribution in [0.2, 0.25) is 0 Å². The summed E-state index contributed by atoms with van der Waals surface area (Å²) < 4.78 is 5.26. The van der Waals surface area contributed by atoms with E-state index < -0.39 is 58.0 Å². The molecule has 0 radical (unpaired) electrons. The SMILES string of the molecule is CC(=O)OC(C)(C)/C=C/C(=O)C(C)(O)C1[C@H](O)C[C@@]2(C)C3CC=C4C(C[C@H](O)[C@H](O)C4(C)C)[C@]3(C)CC[C@]12C. The lowest BCUT2D eigenvalue weighted by Gasteiger charge is -2.66. The lowest BCUT2D eigenvalue weighted by atomic mass is 9.38. The van der Waals surface area contributed by atoms with Gasteiger partial charge in [0.1, 0.15) is 11.2 Å². The van der Waals surface area contributed by atoms with Gasteiger partial charge >= 0.3 is 5.97 Å². The molecular weight excluding hydrogens is 496 g/mol. The Balaban J connectivity index is 1.69. The Morgan fingerprint density at radius 3 is 2.21 bits per heavy atom. The van der Waals surface area contributed by atoms with E-state index in [2.05, 4.69) is 26.8 Å². The number of ether oxygens (including phenoxy) is 1. The third-order valence-electron chi connectivity index (χ3n) is 12.0. The molecule has 39 heavy (non-hydrogen) atoms. The molecule has 0 aromatic carbocycles. The van der Waals surface area contributed by atoms with Crippen LogP contribution in [0.4, 0.5) is 0 Å². The Bertz CT molecular complexity index is 1090. The minimum Gasteiger partial charge on any atom is -0.456 e. The first-order valence-corrected chi connectivity index (χ1v) is 14.6. The van der Waals surface area contributed by atoms with Crippen molar-refractivity contribution in [2.24, 2.45) is 39.4 Å². The van der Waals surface area contributed by atoms with Crippen molar-refractivity contribution in [3.05, 3.63) is 23.8 Å². The van der Waals surface area contributed by atoms with E-state index in [-0.39, 0.29) is 22.7 Å². The Morgan fingerprint density at radius 1 is 1.00 bits per heavy atom. The molecule has 0 aromatic heterocycles. The van der Waals surface area contributed by atoms with Gasteiger partial charge in [-0.2, -0.15) is 0 Å². The zero-order valence-corrected chi connectivity index (χ0v) is 25.2. The van der Waals surface area contributed by atoms with Gasteiger partial charge in [-0.15, -0.1) is 0 Å². The second-order valence-electron chi connectivity index (χ2n) is 15.1. The van der Waals surface area contributed by atoms with Gasteiger partial charge in [0.15, 0.2) is 5.78 Å². The summed E-state index contributed by atoms with van der Waals surface area (Å²) >= 11 is 0. The van der Waals surface area contributed by atoms with Gasteiger partial charge in [0, 0.05) is 18.3 Å². The van der Waals surface area contributed by atoms with Crippen molar-refractivity contribution in [2.75, 3.05) is 0 Å². The molecule has 0 aliphatic heterocycles. The molecular formula is C32H50O7. The fraction of sp³-hybridized carbons (Fsp3) is 0.812. The van der Waals surface area contributed by atoms with Crippen molar-refractivity contribution >= 4 is 11.8 Å². The quantitative estimate of drug-likeness (QED) is 0.232. The fourth-order valence-electron chi connectivity index (χ4n) is 9.79. The number of aliphatic hydroxyl groups excluding tert-OH is 3. The second kappa shape index (κ2) is 9.23. The molecule has 4 N–H and O–H groups in total. The topological polar surface area (TPSA) is 124 Å². The summed E-state index contributed by atoms with van der Waals surface area (Å²) in [6.07, 6.45) is 5.95. The molecule has 7 nitrogen and oxygen atoms in total. The molecule has 0 amide bonds. The zero-order valence-electron chi connectivity index (χ0n) is 25.2. The molecule has 3 saturated carbocycles. The van der Waals surface area contributed by atoms with Crippen LogP contribution in [0.1, 0.15) is 94.4 Å². The first-order chi connectivity index (χ1) is 17.6. The molecule has 220 valence electrons. The van der Waals surface area contributed by atoms with Crippen LogP contribution in [0.25, 0.3) is 0 Å². The van der Waals surface area contributed by atoms with E-state index in [9.17, 15) is 30.0 Å². The van der Waals surface area contributed by atoms with Crippen LogP contribution in [0, 0.1) is 39.4 Å². The number of rotatable bonds is 5. The highest BCUT2D eigenvalue weighted by Gasteiger charge is 2.72. The standard InChI is InChI=1S/C32H50O7/c1-18(33)39-27(2,3)13-12-24(36)32(9,38)25-22(35)17-31(8)23-11-10-19-20(16-21(34)26(37)28(19,4)5)29(23,6)14-15-30(25,31)7/h10,12-13,20-23,25-26,34-35,37-38H,11,14-17H2,1-9H3/b13-12+/t20?,21-,22+,23?,25?,26-,29-,30+,31-,32?/m0/s1. The monoisotopic (exact) mass is 546 g/mol. The van der Waals surface area contributed by atoms with E-state index in [1.54, 1.807) is 13.8 Å². The molecule has 4 rings (SSSR count). The van der Waals surface area contributed by atoms with Crippen LogP contribution < -0.4 is 0 Å². The van der Waals surface area contributed by atoms with E-state index >= 15 is 0 Å². The van der Waals surface area contributed by atoms with E-state index in [0.29, 0.717) is 12.8 Å². The zero-order chi connectivity index (χ0) is 29.6. The first-order valence-electron chi connectivity index (χ1n) is 14.6. The molecule has 0 heterocycles. The second-order valence-corrected chi connectivity index (χ2v) is 15.1. The van der Waals surface area contributed by atoms with Crippen molar-refractivity contribution in [3.63, 3.8) is 0 Å². The van der Waals surface area contributed by atoms with Crippen LogP contribution in [-0.4, -0.2) is 61.7 Å². The lowest BCUT2D eigenvalue weighted by Crippen LogP contribution is -2.62. The molecule has 4 aliphatic rings. The summed E-state index contributed by atoms with van der Waals surface area (Å²) in [7, 11) is 0. The Kier molecular flexibility index (Phi) is 7.20. The largest absolute Gasteiger partial charge is 0.456 e. The van der Waals surface area contributed by atoms with Crippen LogP contribution in [0.3, 0.4) is 0 Å². The molecule has 7 heteroatoms. The summed E-state index contributed by atoms with van der Waals surface area (Å²) in [5.41, 5.74) is -3.12. The Morgan fingerprint density at radius 2 is 1.62 bits per heavy atom. The lowest BCUT2D eigenvalue weighted by molar-refractivity contribution is -0.180. The Labute approximate surface area is 233 Å². The number of hydrogen-bond donors (Lipinski definition) is 4. The van der Waals surface area contributed by atoms with Crippen molar-refractivity contribution < 1.29 is 34.8 Å². The highest BCUT2D eigenvalue weighted by Crippen LogP contribution is 2.75. The molecule has 0 spiro atoms. The van der Waals surface area contributed by atoms with Gasteiger partial charge in [-0.3, -0.25) is 9.59 Å². The van der Waals surface area contributed by atoms with Gasteiger partial charge in [0.2, 0.25) is 0 Å². The molecule has 0 saturated heterocycles. The van der Waals surface area contributed by atoms with Crippen molar-refractivity contribution in [1.82, 2.24) is 0 Å². The van der Waals surface area contributed by atoms with Crippen molar-refractivity contribution in [1.29, 1.82) is 0 Å². The maximum absolute atomic E-state index is 13.5. The molecule has 0 aromatic rings. The summed E-state index contributed by atoms with van der Waals surface area (Å²) in [6.45, 7) is 16.9. The minimum absolute atomic E-state index is 0.121. The molecule has 3 fully saturated rings. The average Bonchev–Trinajstić information content (AvgIpc) is 3.01. The van der Waals surface area contributed by atoms with Crippen molar-refractivity contribution in [2.45, 2.75) is 124 Å². The van der Waals surface area contributed by atoms with E-state index in [1.807, 2.05) is 13.8 Å². The predicted molar refractivity (Wildman–Crippen MR) is 148 cm³/mol. The molecule has 4 aliphatic carbocycles. The molecule has 4 unspecified atom stereocenters. The van der Waals surface area contributed by atoms with E-state index in [1.165, 1.54) is 31.6 Å². The number of esters is 1. The van der Waals surface area contributed by atoms with Gasteiger partial charge in [0.25, 0.3) is 0 Å². The van der Waals surface area contributed by atoms with Gasteiger partial charge in [-0.1, -0.05) is 46.3 Å². The summed E-state index contributed by atoms with van der Waals surface area (Å²) in [5, 5.41) is 45.0. The minimum atomic E-state index is -1.81. The highest BCUT2D eigenvalue weighted by atomic mass is 16.6. The molecule has 10 atom stereocenters. The fourth-order valence-corrected chi connectivity index (χ4v) is 9.79. The predicted octanol–water partition coefficient (Wildman–Crippen LogP) is 4.11. The number of carbonyl (C=O) groups is 2. The van der Waals surface area contributed by atoms with Gasteiger partial charge in [-0.25, -0.2) is 0 Å². The maximum Gasteiger partial charge on any atom is 0.303 e. The van der Waals surface area contributed by atoms with Gasteiger partial charge in [-0.05, 0) is 93.1 Å². The Hall–Kier alpha value is -1.54. The van der Waals surface area contributed by atoms with Crippen LogP contribution in [0.5, 0.6) is 0 Å². The average molecular weight is 547 g/mol. The van der Waals surface area contributed by atoms with Gasteiger partial charge < -0.3 is 25.2 Å². The van der Waals surface area contributed by atoms with Crippen LogP contribution >= 0.6 is 0 Å². The summed E-state index contributed by atoms with van der Waals surface area (Å²) in [4.78, 5) is 24.9. The number of hydrogen-bond acceptors (Lipinski definition) is 7. The van der Waals surface area contributed by atoms with E-state index in [0.717, 1.165) is 19.3 Å². The number of aliphatic hydroxyl groups is 4. The third-order valence-corrected chi connectivity index (χ3v) is 12.0. The van der Waals surface area contributed by atoms with Gasteiger partial charge in [0.05, 0.1) is 18.3 Å². The maximum atomic E-state index is 13.5. The summed E-state index contributed by atoms with van der Waals surface area (Å²) in [5.74, 6) is -1.34. The molecule has 0 bridgehead atoms. The number of allylic oxidation sites excluding steroid dienone is 1. The van der Waals surface area contributed by atoms with E-state index in [4.69, 9.17) is 4.74 Å². The smallest absolute Gasteiger partial charge is 0.303 e. The van der Waals surface area contributed by atoms with Crippen molar-refractivity contribution in [3.8, 4) is 0 Å². The summed E-state index contributed by atoms with van der Waals surface area (Å²) in [6, 6.07) is 0. The highest BCUT2D eigenvalue weighted by molar-refractivity contribution is 5.97. The third kappa shape index (κ3) is 4.38. The number of carbonyl (C=O) groups excluding carboxylic acids is 2. The van der Waals surface area contributed by atoms with Crippen LogP contribution in [-0.2, 0) is 14.3 Å². The normalized spacial score (nSPS) is 45.0.